The molecule has 1 N–H and O–H groups in total. The second kappa shape index (κ2) is 9.32. The number of likely N-dealkylation sites (N-methyl/N-ethyl adjacent to an activating group) is 1. The van der Waals surface area contributed by atoms with Crippen molar-refractivity contribution < 1.29 is 9.53 Å². The van der Waals surface area contributed by atoms with Crippen LogP contribution in [0.1, 0.15) is 46.5 Å². The second-order valence-electron chi connectivity index (χ2n) is 5.38. The van der Waals surface area contributed by atoms with Gasteiger partial charge in [-0.05, 0) is 38.8 Å². The maximum absolute atomic E-state index is 12.2. The van der Waals surface area contributed by atoms with Gasteiger partial charge in [-0.3, -0.25) is 4.79 Å². The number of ether oxygens (including phenoxy) is 1. The van der Waals surface area contributed by atoms with Crippen LogP contribution in [0, 0.1) is 5.92 Å². The van der Waals surface area contributed by atoms with E-state index in [4.69, 9.17) is 4.74 Å². The number of nitrogens with one attached hydrogen (secondary N) is 1. The van der Waals surface area contributed by atoms with E-state index in [0.29, 0.717) is 5.92 Å². The highest BCUT2D eigenvalue weighted by atomic mass is 16.5. The molecule has 1 amide bonds. The number of carbonyl (C=O) groups is 1. The van der Waals surface area contributed by atoms with Gasteiger partial charge in [-0.2, -0.15) is 0 Å². The monoisotopic (exact) mass is 270 g/mol. The van der Waals surface area contributed by atoms with E-state index < -0.39 is 0 Å². The molecule has 1 heterocycles. The minimum atomic E-state index is 0.146. The first-order valence-corrected chi connectivity index (χ1v) is 7.81. The van der Waals surface area contributed by atoms with E-state index in [1.807, 2.05) is 11.8 Å². The highest BCUT2D eigenvalue weighted by molar-refractivity contribution is 5.77. The van der Waals surface area contributed by atoms with Crippen LogP contribution in [0.2, 0.25) is 0 Å². The summed E-state index contributed by atoms with van der Waals surface area (Å²) in [6, 6.07) is 0. The minimum Gasteiger partial charge on any atom is -0.368 e. The van der Waals surface area contributed by atoms with Gasteiger partial charge in [-0.25, -0.2) is 0 Å². The van der Waals surface area contributed by atoms with Crippen LogP contribution in [0.4, 0.5) is 0 Å². The Balaban J connectivity index is 2.31. The summed E-state index contributed by atoms with van der Waals surface area (Å²) >= 11 is 0. The maximum atomic E-state index is 12.2. The maximum Gasteiger partial charge on any atom is 0.248 e. The molecule has 4 nitrogen and oxygen atoms in total. The first kappa shape index (κ1) is 16.4. The van der Waals surface area contributed by atoms with Gasteiger partial charge in [-0.15, -0.1) is 0 Å². The molecule has 0 aliphatic carbocycles. The number of hydrogen-bond acceptors (Lipinski definition) is 3. The van der Waals surface area contributed by atoms with Crippen LogP contribution in [-0.2, 0) is 9.53 Å². The molecule has 1 rings (SSSR count). The molecule has 0 spiro atoms. The number of amides is 1. The minimum absolute atomic E-state index is 0.146. The van der Waals surface area contributed by atoms with E-state index in [1.54, 1.807) is 0 Å². The van der Waals surface area contributed by atoms with Gasteiger partial charge >= 0.3 is 0 Å². The Morgan fingerprint density at radius 1 is 1.26 bits per heavy atom. The van der Waals surface area contributed by atoms with Crippen LogP contribution in [0.25, 0.3) is 0 Å². The molecule has 0 unspecified atom stereocenters. The molecule has 0 radical (unpaired) electrons. The lowest BCUT2D eigenvalue weighted by molar-refractivity contribution is -0.139. The zero-order valence-electron chi connectivity index (χ0n) is 12.8. The van der Waals surface area contributed by atoms with Gasteiger partial charge in [0.1, 0.15) is 6.61 Å². The summed E-state index contributed by atoms with van der Waals surface area (Å²) in [4.78, 5) is 14.1. The third-order valence-electron chi connectivity index (χ3n) is 4.10. The van der Waals surface area contributed by atoms with Crippen LogP contribution in [0.15, 0.2) is 0 Å². The third-order valence-corrected chi connectivity index (χ3v) is 4.10. The highest BCUT2D eigenvalue weighted by Gasteiger charge is 2.19. The van der Waals surface area contributed by atoms with Crippen molar-refractivity contribution in [3.8, 4) is 0 Å². The van der Waals surface area contributed by atoms with Crippen molar-refractivity contribution in [2.24, 2.45) is 5.92 Å². The Kier molecular flexibility index (Phi) is 8.07. The van der Waals surface area contributed by atoms with Crippen LogP contribution >= 0.6 is 0 Å². The first-order chi connectivity index (χ1) is 9.21. The summed E-state index contributed by atoms with van der Waals surface area (Å²) in [6.45, 7) is 10.3. The van der Waals surface area contributed by atoms with Gasteiger partial charge in [-0.1, -0.05) is 26.7 Å². The molecule has 1 aliphatic rings. The van der Waals surface area contributed by atoms with E-state index in [0.717, 1.165) is 51.9 Å². The van der Waals surface area contributed by atoms with Crippen LogP contribution < -0.4 is 5.32 Å². The van der Waals surface area contributed by atoms with E-state index in [-0.39, 0.29) is 18.6 Å². The van der Waals surface area contributed by atoms with Crippen LogP contribution in [0.3, 0.4) is 0 Å². The van der Waals surface area contributed by atoms with Crippen molar-refractivity contribution in [3.05, 3.63) is 0 Å². The lowest BCUT2D eigenvalue weighted by atomic mass is 10.0. The highest BCUT2D eigenvalue weighted by Crippen LogP contribution is 2.11. The van der Waals surface area contributed by atoms with E-state index in [9.17, 15) is 4.79 Å². The molecule has 0 aromatic rings. The van der Waals surface area contributed by atoms with E-state index >= 15 is 0 Å². The zero-order chi connectivity index (χ0) is 14.1. The molecule has 0 saturated carbocycles. The predicted molar refractivity (Wildman–Crippen MR) is 78.2 cm³/mol. The Morgan fingerprint density at radius 3 is 2.42 bits per heavy atom. The molecule has 1 saturated heterocycles. The van der Waals surface area contributed by atoms with Gasteiger partial charge < -0.3 is 15.0 Å². The zero-order valence-corrected chi connectivity index (χ0v) is 12.8. The van der Waals surface area contributed by atoms with E-state index in [1.165, 1.54) is 0 Å². The Labute approximate surface area is 117 Å². The van der Waals surface area contributed by atoms with Crippen molar-refractivity contribution in [1.29, 1.82) is 0 Å². The topological polar surface area (TPSA) is 41.6 Å². The quantitative estimate of drug-likeness (QED) is 0.734. The molecule has 19 heavy (non-hydrogen) atoms. The van der Waals surface area contributed by atoms with Crippen molar-refractivity contribution in [1.82, 2.24) is 10.2 Å². The largest absolute Gasteiger partial charge is 0.368 e. The smallest absolute Gasteiger partial charge is 0.248 e. The average Bonchev–Trinajstić information content (AvgIpc) is 2.47. The van der Waals surface area contributed by atoms with Gasteiger partial charge in [0.15, 0.2) is 0 Å². The molecule has 0 atom stereocenters. The fourth-order valence-corrected chi connectivity index (χ4v) is 2.51. The molecule has 0 bridgehead atoms. The van der Waals surface area contributed by atoms with Gasteiger partial charge in [0.05, 0.1) is 6.10 Å². The second-order valence-corrected chi connectivity index (χ2v) is 5.38. The van der Waals surface area contributed by atoms with Gasteiger partial charge in [0, 0.05) is 13.1 Å². The van der Waals surface area contributed by atoms with Crippen molar-refractivity contribution in [3.63, 3.8) is 0 Å². The van der Waals surface area contributed by atoms with Crippen LogP contribution in [-0.4, -0.2) is 49.7 Å². The Bertz CT molecular complexity index is 249. The number of carbonyl (C=O) groups excluding carboxylic acids is 1. The van der Waals surface area contributed by atoms with E-state index in [2.05, 4.69) is 19.2 Å². The molecule has 1 aliphatic heterocycles. The number of piperidine rings is 1. The summed E-state index contributed by atoms with van der Waals surface area (Å²) in [5, 5.41) is 3.30. The molecular weight excluding hydrogens is 240 g/mol. The Hall–Kier alpha value is -0.610. The average molecular weight is 270 g/mol. The molecule has 1 fully saturated rings. The van der Waals surface area contributed by atoms with Crippen molar-refractivity contribution >= 4 is 5.91 Å². The summed E-state index contributed by atoms with van der Waals surface area (Å²) in [7, 11) is 0. The van der Waals surface area contributed by atoms with Gasteiger partial charge in [0.25, 0.3) is 0 Å². The standard InChI is InChI=1S/C15H30N2O2/c1-4-13(5-2)11-17(6-3)15(18)12-19-14-7-9-16-10-8-14/h13-14,16H,4-12H2,1-3H3. The summed E-state index contributed by atoms with van der Waals surface area (Å²) in [6.07, 6.45) is 4.57. The van der Waals surface area contributed by atoms with Gasteiger partial charge in [0.2, 0.25) is 5.91 Å². The Morgan fingerprint density at radius 2 is 1.89 bits per heavy atom. The van der Waals surface area contributed by atoms with Crippen LogP contribution in [0.5, 0.6) is 0 Å². The lowest BCUT2D eigenvalue weighted by Gasteiger charge is -2.27. The number of hydrogen-bond donors (Lipinski definition) is 1. The SMILES string of the molecule is CCC(CC)CN(CC)C(=O)COC1CCNCC1. The lowest BCUT2D eigenvalue weighted by Crippen LogP contribution is -2.39. The predicted octanol–water partition coefficient (Wildman–Crippen LogP) is 2.04. The molecule has 4 heteroatoms. The molecular formula is C15H30N2O2. The molecule has 0 aromatic carbocycles. The first-order valence-electron chi connectivity index (χ1n) is 7.81. The third kappa shape index (κ3) is 5.91. The number of rotatable bonds is 8. The molecule has 112 valence electrons. The fraction of sp³-hybridized carbons (Fsp3) is 0.933. The summed E-state index contributed by atoms with van der Waals surface area (Å²) < 4.78 is 5.75. The van der Waals surface area contributed by atoms with Crippen molar-refractivity contribution in [2.45, 2.75) is 52.6 Å². The van der Waals surface area contributed by atoms with Crippen molar-refractivity contribution in [2.75, 3.05) is 32.8 Å². The normalized spacial score (nSPS) is 16.8. The number of nitrogens with zero attached hydrogens (tertiary/aromatic N) is 1. The fourth-order valence-electron chi connectivity index (χ4n) is 2.51. The summed E-state index contributed by atoms with van der Waals surface area (Å²) in [5.41, 5.74) is 0. The molecule has 0 aromatic heterocycles. The summed E-state index contributed by atoms with van der Waals surface area (Å²) in [5.74, 6) is 0.760.